The average molecular weight is 454 g/mol. The average Bonchev–Trinajstić information content (AvgIpc) is 3.39. The maximum Gasteiger partial charge on any atom is 0.323 e. The monoisotopic (exact) mass is 453 g/mol. The highest BCUT2D eigenvalue weighted by Crippen LogP contribution is 2.37. The quantitative estimate of drug-likeness (QED) is 0.590. The Bertz CT molecular complexity index is 1300. The summed E-state index contributed by atoms with van der Waals surface area (Å²) < 4.78 is 2.01. The van der Waals surface area contributed by atoms with Gasteiger partial charge in [-0.05, 0) is 71.6 Å². The fourth-order valence-corrected chi connectivity index (χ4v) is 5.18. The zero-order valence-corrected chi connectivity index (χ0v) is 17.7. The van der Waals surface area contributed by atoms with E-state index >= 15 is 0 Å². The van der Waals surface area contributed by atoms with E-state index in [0.29, 0.717) is 0 Å². The Balaban J connectivity index is 1.45. The van der Waals surface area contributed by atoms with Gasteiger partial charge in [-0.3, -0.25) is 24.0 Å². The van der Waals surface area contributed by atoms with E-state index in [1.807, 2.05) is 35.0 Å². The first-order chi connectivity index (χ1) is 14.9. The summed E-state index contributed by atoms with van der Waals surface area (Å²) in [5.74, 6) is -1.82. The number of carboxylic acids is 1. The van der Waals surface area contributed by atoms with Crippen LogP contribution >= 0.6 is 23.4 Å². The van der Waals surface area contributed by atoms with E-state index in [1.165, 1.54) is 11.1 Å². The Hall–Kier alpha value is -3.10. The molecule has 1 aromatic heterocycles. The number of thioether (sulfide) groups is 1. The van der Waals surface area contributed by atoms with Crippen molar-refractivity contribution >= 4 is 57.5 Å². The van der Waals surface area contributed by atoms with Gasteiger partial charge in [0.25, 0.3) is 11.1 Å². The number of hydrogen-bond donors (Lipinski definition) is 1. The van der Waals surface area contributed by atoms with Gasteiger partial charge in [-0.25, -0.2) is 0 Å². The van der Waals surface area contributed by atoms with Gasteiger partial charge in [-0.2, -0.15) is 5.10 Å². The molecule has 0 spiro atoms. The van der Waals surface area contributed by atoms with Gasteiger partial charge in [0.05, 0.1) is 22.7 Å². The van der Waals surface area contributed by atoms with Crippen LogP contribution in [0.4, 0.5) is 4.79 Å². The van der Waals surface area contributed by atoms with Gasteiger partial charge in [-0.1, -0.05) is 23.7 Å². The minimum atomic E-state index is -1.23. The number of carbonyl (C=O) groups is 3. The number of aryl methyl sites for hydroxylation is 1. The lowest BCUT2D eigenvalue weighted by atomic mass is 10.1. The van der Waals surface area contributed by atoms with Gasteiger partial charge in [-0.15, -0.1) is 0 Å². The van der Waals surface area contributed by atoms with Crippen LogP contribution < -0.4 is 0 Å². The number of amides is 2. The molecule has 1 atom stereocenters. The van der Waals surface area contributed by atoms with Gasteiger partial charge < -0.3 is 5.11 Å². The third-order valence-electron chi connectivity index (χ3n) is 5.53. The highest BCUT2D eigenvalue weighted by Gasteiger charge is 2.36. The minimum absolute atomic E-state index is 0.142. The second kappa shape index (κ2) is 7.55. The van der Waals surface area contributed by atoms with Crippen LogP contribution in [-0.2, 0) is 16.0 Å². The van der Waals surface area contributed by atoms with Crippen molar-refractivity contribution in [2.24, 2.45) is 0 Å². The molecule has 0 unspecified atom stereocenters. The normalized spacial score (nSPS) is 19.6. The summed E-state index contributed by atoms with van der Waals surface area (Å²) in [6, 6.07) is 11.8. The molecule has 0 radical (unpaired) electrons. The van der Waals surface area contributed by atoms with Crippen molar-refractivity contribution in [2.75, 3.05) is 6.54 Å². The molecule has 0 bridgehead atoms. The standard InChI is InChI=1S/C22H16ClN3O4S/c23-15-3-4-16-13(9-15)2-6-18(16)26-17-5-1-12(7-14(17)10-24-26)8-19-21(29)25(11-20(27)28)22(30)31-19/h1,3-5,7-10,18H,2,6,11H2,(H,27,28)/b19-8-/t18-/m0/s1. The molecule has 156 valence electrons. The van der Waals surface area contributed by atoms with Gasteiger partial charge in [0, 0.05) is 10.4 Å². The Morgan fingerprint density at radius 2 is 2.10 bits per heavy atom. The summed E-state index contributed by atoms with van der Waals surface area (Å²) >= 11 is 6.87. The van der Waals surface area contributed by atoms with E-state index in [9.17, 15) is 14.4 Å². The molecule has 1 saturated heterocycles. The van der Waals surface area contributed by atoms with Crippen LogP contribution in [0, 0.1) is 0 Å². The molecule has 1 N–H and O–H groups in total. The maximum absolute atomic E-state index is 12.4. The number of hydrogen-bond acceptors (Lipinski definition) is 5. The number of fused-ring (bicyclic) bond motifs is 2. The summed E-state index contributed by atoms with van der Waals surface area (Å²) in [7, 11) is 0. The number of imide groups is 1. The van der Waals surface area contributed by atoms with Crippen molar-refractivity contribution in [2.45, 2.75) is 18.9 Å². The Morgan fingerprint density at radius 1 is 1.26 bits per heavy atom. The first-order valence-corrected chi connectivity index (χ1v) is 10.8. The van der Waals surface area contributed by atoms with Crippen LogP contribution in [0.3, 0.4) is 0 Å². The fourth-order valence-electron chi connectivity index (χ4n) is 4.15. The van der Waals surface area contributed by atoms with E-state index in [-0.39, 0.29) is 10.9 Å². The highest BCUT2D eigenvalue weighted by molar-refractivity contribution is 8.18. The van der Waals surface area contributed by atoms with E-state index < -0.39 is 23.7 Å². The second-order valence-electron chi connectivity index (χ2n) is 7.47. The number of aliphatic carboxylic acids is 1. The number of nitrogens with zero attached hydrogens (tertiary/aromatic N) is 3. The van der Waals surface area contributed by atoms with Crippen LogP contribution in [0.15, 0.2) is 47.5 Å². The number of rotatable bonds is 4. The molecule has 2 heterocycles. The summed E-state index contributed by atoms with van der Waals surface area (Å²) in [4.78, 5) is 36.1. The van der Waals surface area contributed by atoms with Crippen LogP contribution in [0.2, 0.25) is 5.02 Å². The second-order valence-corrected chi connectivity index (χ2v) is 8.90. The molecule has 9 heteroatoms. The summed E-state index contributed by atoms with van der Waals surface area (Å²) in [6.07, 6.45) is 5.30. The van der Waals surface area contributed by atoms with Gasteiger partial charge in [0.1, 0.15) is 6.54 Å². The van der Waals surface area contributed by atoms with Crippen molar-refractivity contribution in [3.63, 3.8) is 0 Å². The summed E-state index contributed by atoms with van der Waals surface area (Å²) in [5, 5.41) is 14.6. The number of aromatic nitrogens is 2. The highest BCUT2D eigenvalue weighted by atomic mass is 35.5. The smallest absolute Gasteiger partial charge is 0.323 e. The molecular formula is C22H16ClN3O4S. The van der Waals surface area contributed by atoms with Crippen LogP contribution in [-0.4, -0.2) is 43.4 Å². The van der Waals surface area contributed by atoms with E-state index in [0.717, 1.165) is 51.0 Å². The SMILES string of the molecule is O=C(O)CN1C(=O)S/C(=C\c2ccc3c(cnn3[C@H]3CCc4cc(Cl)ccc43)c2)C1=O. The van der Waals surface area contributed by atoms with E-state index in [1.54, 1.807) is 12.3 Å². The van der Waals surface area contributed by atoms with E-state index in [2.05, 4.69) is 11.2 Å². The lowest BCUT2D eigenvalue weighted by molar-refractivity contribution is -0.140. The number of halogens is 1. The lowest BCUT2D eigenvalue weighted by Crippen LogP contribution is -2.33. The van der Waals surface area contributed by atoms with Crippen molar-refractivity contribution in [1.29, 1.82) is 0 Å². The molecule has 7 nitrogen and oxygen atoms in total. The molecule has 1 aliphatic carbocycles. The zero-order valence-electron chi connectivity index (χ0n) is 16.1. The van der Waals surface area contributed by atoms with Crippen LogP contribution in [0.1, 0.15) is 29.2 Å². The number of benzene rings is 2. The maximum atomic E-state index is 12.4. The molecular weight excluding hydrogens is 438 g/mol. The molecule has 2 aliphatic rings. The first kappa shape index (κ1) is 19.8. The van der Waals surface area contributed by atoms with E-state index in [4.69, 9.17) is 16.7 Å². The van der Waals surface area contributed by atoms with Gasteiger partial charge in [0.15, 0.2) is 0 Å². The number of carboxylic acid groups (broad SMARTS) is 1. The van der Waals surface area contributed by atoms with Gasteiger partial charge in [0.2, 0.25) is 0 Å². The third-order valence-corrected chi connectivity index (χ3v) is 6.67. The largest absolute Gasteiger partial charge is 0.480 e. The Kier molecular flexibility index (Phi) is 4.83. The Morgan fingerprint density at radius 3 is 2.90 bits per heavy atom. The predicted octanol–water partition coefficient (Wildman–Crippen LogP) is 4.35. The fraction of sp³-hybridized carbons (Fsp3) is 0.182. The molecule has 3 aromatic rings. The molecule has 2 aromatic carbocycles. The minimum Gasteiger partial charge on any atom is -0.480 e. The molecule has 1 fully saturated rings. The summed E-state index contributed by atoms with van der Waals surface area (Å²) in [6.45, 7) is -0.637. The Labute approximate surface area is 186 Å². The predicted molar refractivity (Wildman–Crippen MR) is 118 cm³/mol. The molecule has 2 amide bonds. The topological polar surface area (TPSA) is 92.5 Å². The molecule has 0 saturated carbocycles. The van der Waals surface area contributed by atoms with Crippen molar-refractivity contribution in [1.82, 2.24) is 14.7 Å². The molecule has 31 heavy (non-hydrogen) atoms. The van der Waals surface area contributed by atoms with Crippen molar-refractivity contribution in [3.8, 4) is 0 Å². The molecule has 5 rings (SSSR count). The molecule has 1 aliphatic heterocycles. The number of carbonyl (C=O) groups excluding carboxylic acids is 2. The lowest BCUT2D eigenvalue weighted by Gasteiger charge is -2.14. The van der Waals surface area contributed by atoms with Gasteiger partial charge >= 0.3 is 5.97 Å². The zero-order chi connectivity index (χ0) is 21.7. The third kappa shape index (κ3) is 3.51. The first-order valence-electron chi connectivity index (χ1n) is 9.63. The van der Waals surface area contributed by atoms with Crippen LogP contribution in [0.5, 0.6) is 0 Å². The summed E-state index contributed by atoms with van der Waals surface area (Å²) in [5.41, 5.74) is 4.19. The van der Waals surface area contributed by atoms with Crippen LogP contribution in [0.25, 0.3) is 17.0 Å². The van der Waals surface area contributed by atoms with Crippen molar-refractivity contribution in [3.05, 3.63) is 69.2 Å². The van der Waals surface area contributed by atoms with Crippen molar-refractivity contribution < 1.29 is 19.5 Å².